The first-order valence-corrected chi connectivity index (χ1v) is 6.21. The molecule has 0 aliphatic heterocycles. The first-order valence-electron chi connectivity index (χ1n) is 6.21. The summed E-state index contributed by atoms with van der Waals surface area (Å²) in [7, 11) is 0. The summed E-state index contributed by atoms with van der Waals surface area (Å²) in [5.74, 6) is -5.70. The van der Waals surface area contributed by atoms with E-state index < -0.39 is 29.3 Å². The van der Waals surface area contributed by atoms with E-state index in [0.29, 0.717) is 0 Å². The van der Waals surface area contributed by atoms with Crippen molar-refractivity contribution >= 4 is 27.3 Å². The van der Waals surface area contributed by atoms with Crippen LogP contribution < -0.4 is 0 Å². The van der Waals surface area contributed by atoms with Gasteiger partial charge in [-0.2, -0.15) is 13.8 Å². The normalized spacial score (nSPS) is 11.9. The molecule has 2 nitrogen and oxygen atoms in total. The van der Waals surface area contributed by atoms with Crippen LogP contribution in [-0.4, -0.2) is 9.38 Å². The molecule has 2 heterocycles. The fourth-order valence-corrected chi connectivity index (χ4v) is 2.65. The molecule has 2 aromatic carbocycles. The van der Waals surface area contributed by atoms with Gasteiger partial charge in [-0.25, -0.2) is 13.2 Å². The zero-order valence-corrected chi connectivity index (χ0v) is 10.7. The molecule has 22 heavy (non-hydrogen) atoms. The Hall–Kier alpha value is -2.70. The van der Waals surface area contributed by atoms with Gasteiger partial charge in [-0.3, -0.25) is 4.40 Å². The first kappa shape index (κ1) is 13.0. The van der Waals surface area contributed by atoms with Crippen molar-refractivity contribution in [2.24, 2.45) is 0 Å². The van der Waals surface area contributed by atoms with Gasteiger partial charge in [0.25, 0.3) is 11.9 Å². The molecule has 7 heteroatoms. The van der Waals surface area contributed by atoms with Crippen LogP contribution in [0.1, 0.15) is 0 Å². The second kappa shape index (κ2) is 4.16. The molecule has 0 saturated heterocycles. The predicted molar refractivity (Wildman–Crippen MR) is 70.0 cm³/mol. The Labute approximate surface area is 119 Å². The van der Waals surface area contributed by atoms with E-state index in [-0.39, 0.29) is 27.3 Å². The van der Waals surface area contributed by atoms with Gasteiger partial charge in [0.15, 0.2) is 17.3 Å². The fraction of sp³-hybridized carbons (Fsp3) is 0. The monoisotopic (exact) mass is 308 g/mol. The molecular weight excluding hydrogens is 303 g/mol. The number of hydrogen-bond acceptors (Lipinski definition) is 1. The number of hydrogen-bond donors (Lipinski definition) is 0. The number of benzene rings is 2. The molecule has 0 N–H and O–H groups in total. The van der Waals surface area contributed by atoms with E-state index in [4.69, 9.17) is 0 Å². The third-order valence-electron chi connectivity index (χ3n) is 3.57. The summed E-state index contributed by atoms with van der Waals surface area (Å²) in [6, 6.07) is 5.01. The largest absolute Gasteiger partial charge is 0.269 e. The summed E-state index contributed by atoms with van der Waals surface area (Å²) in [5, 5.41) is 0.464. The predicted octanol–water partition coefficient (Wildman–Crippen LogP) is 4.34. The molecule has 0 fully saturated rings. The minimum Gasteiger partial charge on any atom is -0.266 e. The van der Waals surface area contributed by atoms with Gasteiger partial charge in [-0.1, -0.05) is 0 Å². The van der Waals surface area contributed by atoms with Crippen molar-refractivity contribution in [2.75, 3.05) is 0 Å². The van der Waals surface area contributed by atoms with E-state index in [1.807, 2.05) is 0 Å². The highest BCUT2D eigenvalue weighted by atomic mass is 19.2. The average molecular weight is 308 g/mol. The Morgan fingerprint density at radius 1 is 0.773 bits per heavy atom. The molecule has 0 unspecified atom stereocenters. The van der Waals surface area contributed by atoms with Crippen LogP contribution in [-0.2, 0) is 0 Å². The fourth-order valence-electron chi connectivity index (χ4n) is 2.65. The van der Waals surface area contributed by atoms with Crippen LogP contribution in [0.4, 0.5) is 22.0 Å². The van der Waals surface area contributed by atoms with E-state index in [1.165, 1.54) is 6.07 Å². The molecule has 0 spiro atoms. The molecule has 110 valence electrons. The molecular formula is C15H5F5N2. The highest BCUT2D eigenvalue weighted by molar-refractivity contribution is 6.11. The second-order valence-electron chi connectivity index (χ2n) is 4.83. The van der Waals surface area contributed by atoms with E-state index in [1.54, 1.807) is 0 Å². The maximum Gasteiger partial charge on any atom is 0.269 e. The maximum atomic E-state index is 14.0. The highest BCUT2D eigenvalue weighted by Gasteiger charge is 2.19. The lowest BCUT2D eigenvalue weighted by Gasteiger charge is -2.09. The van der Waals surface area contributed by atoms with Crippen molar-refractivity contribution < 1.29 is 22.0 Å². The Morgan fingerprint density at radius 2 is 1.50 bits per heavy atom. The molecule has 4 aromatic rings. The molecule has 0 aliphatic rings. The maximum absolute atomic E-state index is 14.0. The van der Waals surface area contributed by atoms with Gasteiger partial charge >= 0.3 is 0 Å². The number of imidazole rings is 1. The zero-order valence-electron chi connectivity index (χ0n) is 10.7. The number of nitrogens with zero attached hydrogens (tertiary/aromatic N) is 2. The van der Waals surface area contributed by atoms with E-state index in [9.17, 15) is 22.0 Å². The summed E-state index contributed by atoms with van der Waals surface area (Å²) in [6.07, 6.45) is 0. The van der Waals surface area contributed by atoms with Crippen molar-refractivity contribution in [3.8, 4) is 0 Å². The van der Waals surface area contributed by atoms with Crippen LogP contribution in [0.25, 0.3) is 27.3 Å². The smallest absolute Gasteiger partial charge is 0.266 e. The van der Waals surface area contributed by atoms with E-state index in [0.717, 1.165) is 28.7 Å². The topological polar surface area (TPSA) is 17.3 Å². The van der Waals surface area contributed by atoms with Crippen LogP contribution in [0.15, 0.2) is 30.3 Å². The van der Waals surface area contributed by atoms with Gasteiger partial charge in [0.2, 0.25) is 0 Å². The van der Waals surface area contributed by atoms with Crippen molar-refractivity contribution in [2.45, 2.75) is 0 Å². The Balaban J connectivity index is 2.42. The average Bonchev–Trinajstić information content (AvgIpc) is 2.77. The highest BCUT2D eigenvalue weighted by Crippen LogP contribution is 2.32. The minimum absolute atomic E-state index is 0.0530. The summed E-state index contributed by atoms with van der Waals surface area (Å²) in [6.45, 7) is 0. The van der Waals surface area contributed by atoms with Crippen LogP contribution in [0.3, 0.4) is 0 Å². The SMILES string of the molecule is Fc1ccc2c(c1)c1cc(F)c(F)cc1n1c(F)c(F)nc21. The lowest BCUT2D eigenvalue weighted by molar-refractivity contribution is 0.468. The van der Waals surface area contributed by atoms with Gasteiger partial charge in [0.05, 0.1) is 5.52 Å². The van der Waals surface area contributed by atoms with Crippen molar-refractivity contribution in [3.05, 3.63) is 59.7 Å². The summed E-state index contributed by atoms with van der Waals surface area (Å²) in [5.41, 5.74) is -0.274. The van der Waals surface area contributed by atoms with Gasteiger partial charge in [0, 0.05) is 16.8 Å². The van der Waals surface area contributed by atoms with Crippen LogP contribution >= 0.6 is 0 Å². The molecule has 0 radical (unpaired) electrons. The number of rotatable bonds is 0. The number of pyridine rings is 1. The molecule has 0 aliphatic carbocycles. The zero-order chi connectivity index (χ0) is 15.6. The lowest BCUT2D eigenvalue weighted by Crippen LogP contribution is -1.97. The molecule has 0 atom stereocenters. The first-order chi connectivity index (χ1) is 10.5. The summed E-state index contributed by atoms with van der Waals surface area (Å²) < 4.78 is 68.7. The van der Waals surface area contributed by atoms with Gasteiger partial charge in [-0.05, 0) is 29.7 Å². The van der Waals surface area contributed by atoms with Gasteiger partial charge in [0.1, 0.15) is 5.82 Å². The van der Waals surface area contributed by atoms with Crippen molar-refractivity contribution in [1.29, 1.82) is 0 Å². The van der Waals surface area contributed by atoms with E-state index in [2.05, 4.69) is 4.98 Å². The van der Waals surface area contributed by atoms with Crippen LogP contribution in [0.2, 0.25) is 0 Å². The summed E-state index contributed by atoms with van der Waals surface area (Å²) >= 11 is 0. The quantitative estimate of drug-likeness (QED) is 0.349. The van der Waals surface area contributed by atoms with Gasteiger partial charge < -0.3 is 0 Å². The summed E-state index contributed by atoms with van der Waals surface area (Å²) in [4.78, 5) is 3.46. The van der Waals surface area contributed by atoms with E-state index >= 15 is 0 Å². The number of halogens is 5. The molecule has 0 amide bonds. The second-order valence-corrected chi connectivity index (χ2v) is 4.83. The third kappa shape index (κ3) is 1.56. The van der Waals surface area contributed by atoms with Crippen LogP contribution in [0, 0.1) is 29.3 Å². The molecule has 2 aromatic heterocycles. The Bertz CT molecular complexity index is 1080. The number of aromatic nitrogens is 2. The Kier molecular flexibility index (Phi) is 2.46. The van der Waals surface area contributed by atoms with Crippen LogP contribution in [0.5, 0.6) is 0 Å². The Morgan fingerprint density at radius 3 is 2.27 bits per heavy atom. The minimum atomic E-state index is -1.37. The lowest BCUT2D eigenvalue weighted by atomic mass is 10.1. The molecule has 0 saturated carbocycles. The standard InChI is InChI=1S/C15H5F5N2/c16-6-1-2-7-8(3-6)9-4-10(17)11(18)5-12(9)22-14(20)13(19)21-15(7)22/h1-5H. The van der Waals surface area contributed by atoms with Crippen molar-refractivity contribution in [3.63, 3.8) is 0 Å². The van der Waals surface area contributed by atoms with Crippen molar-refractivity contribution in [1.82, 2.24) is 9.38 Å². The van der Waals surface area contributed by atoms with Gasteiger partial charge in [-0.15, -0.1) is 0 Å². The third-order valence-corrected chi connectivity index (χ3v) is 3.57. The molecule has 4 rings (SSSR count). The molecule has 0 bridgehead atoms. The number of fused-ring (bicyclic) bond motifs is 6.